The summed E-state index contributed by atoms with van der Waals surface area (Å²) in [6, 6.07) is 4.64. The summed E-state index contributed by atoms with van der Waals surface area (Å²) in [7, 11) is 1.54. The molecule has 29 heavy (non-hydrogen) atoms. The van der Waals surface area contributed by atoms with Crippen molar-refractivity contribution in [1.29, 1.82) is 0 Å². The number of rotatable bonds is 3. The van der Waals surface area contributed by atoms with E-state index in [-0.39, 0.29) is 12.4 Å². The number of H-pyrrole nitrogens is 1. The van der Waals surface area contributed by atoms with Gasteiger partial charge in [-0.05, 0) is 32.0 Å². The number of aromatic nitrogens is 3. The van der Waals surface area contributed by atoms with Crippen LogP contribution in [-0.4, -0.2) is 44.5 Å². The van der Waals surface area contributed by atoms with Gasteiger partial charge in [0.2, 0.25) is 5.54 Å². The van der Waals surface area contributed by atoms with Gasteiger partial charge in [0.15, 0.2) is 5.88 Å². The van der Waals surface area contributed by atoms with Crippen molar-refractivity contribution in [3.05, 3.63) is 41.3 Å². The van der Waals surface area contributed by atoms with Crippen molar-refractivity contribution in [2.75, 3.05) is 7.11 Å². The van der Waals surface area contributed by atoms with Crippen LogP contribution in [0.4, 0.5) is 4.79 Å². The number of urea groups is 1. The summed E-state index contributed by atoms with van der Waals surface area (Å²) < 4.78 is 6.69. The van der Waals surface area contributed by atoms with Gasteiger partial charge in [-0.3, -0.25) is 15.2 Å². The highest BCUT2D eigenvalue weighted by molar-refractivity contribution is 6.09. The van der Waals surface area contributed by atoms with E-state index in [0.29, 0.717) is 22.4 Å². The molecule has 9 heteroatoms. The summed E-state index contributed by atoms with van der Waals surface area (Å²) in [6.07, 6.45) is 1.69. The normalized spacial score (nSPS) is 18.3. The van der Waals surface area contributed by atoms with E-state index in [9.17, 15) is 14.7 Å². The number of amides is 3. The summed E-state index contributed by atoms with van der Waals surface area (Å²) >= 11 is 0. The number of aromatic hydroxyl groups is 1. The highest BCUT2D eigenvalue weighted by atomic mass is 16.5. The summed E-state index contributed by atoms with van der Waals surface area (Å²) in [5.74, 6) is 5.81. The van der Waals surface area contributed by atoms with Crippen molar-refractivity contribution in [2.45, 2.75) is 25.9 Å². The van der Waals surface area contributed by atoms with E-state index in [0.717, 1.165) is 11.1 Å². The van der Waals surface area contributed by atoms with Crippen molar-refractivity contribution in [1.82, 2.24) is 25.4 Å². The number of aryl methyl sites for hydroxylation is 2. The van der Waals surface area contributed by atoms with Crippen LogP contribution in [0.25, 0.3) is 10.8 Å². The number of nitrogens with zero attached hydrogens (tertiary/aromatic N) is 2. The molecule has 0 bridgehead atoms. The van der Waals surface area contributed by atoms with E-state index in [1.165, 1.54) is 11.7 Å². The molecule has 1 aliphatic heterocycles. The molecular weight excluding hydrogens is 374 g/mol. The van der Waals surface area contributed by atoms with Gasteiger partial charge in [-0.2, -0.15) is 5.10 Å². The van der Waals surface area contributed by atoms with Crippen molar-refractivity contribution >= 4 is 22.7 Å². The van der Waals surface area contributed by atoms with E-state index >= 15 is 0 Å². The fraction of sp³-hybridized carbons (Fsp3) is 0.250. The molecule has 0 unspecified atom stereocenters. The van der Waals surface area contributed by atoms with Crippen LogP contribution in [0.2, 0.25) is 0 Å². The zero-order valence-corrected chi connectivity index (χ0v) is 16.1. The third-order valence-corrected chi connectivity index (χ3v) is 4.95. The lowest BCUT2D eigenvalue weighted by Crippen LogP contribution is -2.49. The lowest BCUT2D eigenvalue weighted by atomic mass is 9.99. The topological polar surface area (TPSA) is 121 Å². The number of fused-ring (bicyclic) bond motifs is 1. The Bertz CT molecular complexity index is 1190. The number of benzene rings is 1. The second-order valence-corrected chi connectivity index (χ2v) is 6.91. The molecule has 0 radical (unpaired) electrons. The largest absolute Gasteiger partial charge is 0.497 e. The summed E-state index contributed by atoms with van der Waals surface area (Å²) in [5.41, 5.74) is 0.571. The van der Waals surface area contributed by atoms with E-state index in [4.69, 9.17) is 4.74 Å². The van der Waals surface area contributed by atoms with Gasteiger partial charge in [-0.15, -0.1) is 0 Å². The van der Waals surface area contributed by atoms with Gasteiger partial charge >= 0.3 is 6.03 Å². The molecule has 3 aromatic rings. The number of carbonyl (C=O) groups is 2. The van der Waals surface area contributed by atoms with Crippen LogP contribution in [-0.2, 0) is 11.3 Å². The number of imide groups is 1. The summed E-state index contributed by atoms with van der Waals surface area (Å²) in [5, 5.41) is 23.8. The predicted molar refractivity (Wildman–Crippen MR) is 104 cm³/mol. The Morgan fingerprint density at radius 3 is 2.72 bits per heavy atom. The maximum Gasteiger partial charge on any atom is 0.323 e. The van der Waals surface area contributed by atoms with Gasteiger partial charge in [-0.25, -0.2) is 4.79 Å². The van der Waals surface area contributed by atoms with Crippen LogP contribution in [0.3, 0.4) is 0 Å². The first-order chi connectivity index (χ1) is 13.8. The first-order valence-corrected chi connectivity index (χ1v) is 8.87. The van der Waals surface area contributed by atoms with Gasteiger partial charge < -0.3 is 19.7 Å². The van der Waals surface area contributed by atoms with Crippen LogP contribution in [0.1, 0.15) is 17.0 Å². The van der Waals surface area contributed by atoms with Crippen LogP contribution in [0.5, 0.6) is 11.6 Å². The number of hydrogen-bond donors (Lipinski definition) is 4. The van der Waals surface area contributed by atoms with Crippen LogP contribution >= 0.6 is 0 Å². The number of carbonyl (C=O) groups excluding carboxylic acids is 2. The van der Waals surface area contributed by atoms with Gasteiger partial charge in [0, 0.05) is 22.7 Å². The smallest absolute Gasteiger partial charge is 0.323 e. The van der Waals surface area contributed by atoms with Crippen molar-refractivity contribution in [2.24, 2.45) is 0 Å². The number of methoxy groups -OCH3 is 1. The van der Waals surface area contributed by atoms with Crippen LogP contribution in [0, 0.1) is 25.7 Å². The molecular formula is C20H19N5O4. The highest BCUT2D eigenvalue weighted by Crippen LogP contribution is 2.32. The molecule has 3 heterocycles. The van der Waals surface area contributed by atoms with Gasteiger partial charge in [0.25, 0.3) is 5.91 Å². The molecule has 0 spiro atoms. The molecule has 0 aliphatic carbocycles. The standard InChI is InChI=1S/C20H19N5O4/c1-11-15(12(2)24-23-11)6-7-20(18(27)21-19(28)22-20)10-25-9-13-4-5-14(29-3)8-16(13)17(25)26/h4-5,8-9,26H,10H2,1-3H3,(H,23,24)(H2,21,22,27,28)/t20-/m1/s1. The first kappa shape index (κ1) is 18.4. The fourth-order valence-corrected chi connectivity index (χ4v) is 3.36. The molecule has 0 saturated carbocycles. The number of hydrogen-bond acceptors (Lipinski definition) is 5. The fourth-order valence-electron chi connectivity index (χ4n) is 3.36. The molecule has 9 nitrogen and oxygen atoms in total. The Balaban J connectivity index is 1.78. The quantitative estimate of drug-likeness (QED) is 0.395. The molecule has 4 rings (SSSR count). The molecule has 3 amide bonds. The molecule has 2 aromatic heterocycles. The zero-order valence-electron chi connectivity index (χ0n) is 16.1. The predicted octanol–water partition coefficient (Wildman–Crippen LogP) is 1.33. The minimum atomic E-state index is -1.54. The van der Waals surface area contributed by atoms with Gasteiger partial charge in [0.05, 0.1) is 24.9 Å². The Kier molecular flexibility index (Phi) is 4.19. The van der Waals surface area contributed by atoms with Crippen LogP contribution < -0.4 is 15.4 Å². The van der Waals surface area contributed by atoms with Crippen molar-refractivity contribution < 1.29 is 19.4 Å². The third-order valence-electron chi connectivity index (χ3n) is 4.95. The van der Waals surface area contributed by atoms with Crippen molar-refractivity contribution in [3.63, 3.8) is 0 Å². The average Bonchev–Trinajstić information content (AvgIpc) is 3.28. The van der Waals surface area contributed by atoms with E-state index in [1.54, 1.807) is 31.3 Å². The third kappa shape index (κ3) is 3.04. The minimum absolute atomic E-state index is 0.0512. The van der Waals surface area contributed by atoms with Crippen molar-refractivity contribution in [3.8, 4) is 23.5 Å². The lowest BCUT2D eigenvalue weighted by Gasteiger charge is -2.20. The molecule has 1 aliphatic rings. The Hall–Kier alpha value is -3.93. The van der Waals surface area contributed by atoms with E-state index < -0.39 is 17.5 Å². The maximum absolute atomic E-state index is 12.6. The number of aromatic amines is 1. The highest BCUT2D eigenvalue weighted by Gasteiger charge is 2.46. The van der Waals surface area contributed by atoms with E-state index in [2.05, 4.69) is 32.7 Å². The average molecular weight is 393 g/mol. The molecule has 1 saturated heterocycles. The van der Waals surface area contributed by atoms with Crippen LogP contribution in [0.15, 0.2) is 24.4 Å². The Morgan fingerprint density at radius 2 is 2.10 bits per heavy atom. The molecule has 4 N–H and O–H groups in total. The first-order valence-electron chi connectivity index (χ1n) is 8.87. The van der Waals surface area contributed by atoms with Gasteiger partial charge in [-0.1, -0.05) is 11.8 Å². The minimum Gasteiger partial charge on any atom is -0.497 e. The second-order valence-electron chi connectivity index (χ2n) is 6.91. The number of ether oxygens (including phenoxy) is 1. The van der Waals surface area contributed by atoms with E-state index in [1.807, 2.05) is 6.92 Å². The molecule has 1 fully saturated rings. The Morgan fingerprint density at radius 1 is 1.31 bits per heavy atom. The monoisotopic (exact) mass is 393 g/mol. The lowest BCUT2D eigenvalue weighted by molar-refractivity contribution is -0.122. The number of nitrogens with one attached hydrogen (secondary N) is 3. The zero-order chi connectivity index (χ0) is 20.8. The van der Waals surface area contributed by atoms with Gasteiger partial charge in [0.1, 0.15) is 5.75 Å². The summed E-state index contributed by atoms with van der Waals surface area (Å²) in [4.78, 5) is 24.5. The maximum atomic E-state index is 12.6. The Labute approximate surface area is 166 Å². The molecule has 148 valence electrons. The summed E-state index contributed by atoms with van der Waals surface area (Å²) in [6.45, 7) is 3.55. The molecule has 1 atom stereocenters. The second kappa shape index (κ2) is 6.60. The molecule has 1 aromatic carbocycles. The SMILES string of the molecule is COc1ccc2cn(C[C@@]3(C#Cc4c(C)n[nH]c4C)NC(=O)NC3=O)c(O)c2c1.